The highest BCUT2D eigenvalue weighted by Gasteiger charge is 2.18. The van der Waals surface area contributed by atoms with Crippen molar-refractivity contribution in [1.82, 2.24) is 19.7 Å². The van der Waals surface area contributed by atoms with Gasteiger partial charge in [0, 0.05) is 17.1 Å². The van der Waals surface area contributed by atoms with Gasteiger partial charge in [0.2, 0.25) is 5.95 Å². The standard InChI is InChI=1S/C22H23ClN6/c1-14(2)12-25-22-26-19(16-8-10-17(23)11-9-16)18-20(24)29(28-21(18)27-22)13-15-6-4-3-5-7-15/h3-11,14H,12-13,24H2,1-2H3,(H,25,27,28). The summed E-state index contributed by atoms with van der Waals surface area (Å²) in [5.41, 5.74) is 9.85. The molecule has 0 aliphatic carbocycles. The van der Waals surface area contributed by atoms with Gasteiger partial charge >= 0.3 is 0 Å². The van der Waals surface area contributed by atoms with Crippen LogP contribution < -0.4 is 11.1 Å². The monoisotopic (exact) mass is 406 g/mol. The van der Waals surface area contributed by atoms with Crippen LogP contribution in [0, 0.1) is 5.92 Å². The Bertz CT molecular complexity index is 1120. The van der Waals surface area contributed by atoms with Crippen molar-refractivity contribution < 1.29 is 0 Å². The molecule has 0 aliphatic rings. The fourth-order valence-corrected chi connectivity index (χ4v) is 3.25. The highest BCUT2D eigenvalue weighted by molar-refractivity contribution is 6.30. The summed E-state index contributed by atoms with van der Waals surface area (Å²) in [5, 5.41) is 9.39. The molecule has 0 saturated heterocycles. The molecule has 4 rings (SSSR count). The molecule has 6 nitrogen and oxygen atoms in total. The van der Waals surface area contributed by atoms with Gasteiger partial charge in [-0.15, -0.1) is 5.10 Å². The Hall–Kier alpha value is -3.12. The van der Waals surface area contributed by atoms with Gasteiger partial charge in [-0.25, -0.2) is 9.67 Å². The maximum atomic E-state index is 6.50. The van der Waals surface area contributed by atoms with Crippen molar-refractivity contribution >= 4 is 34.4 Å². The second-order valence-electron chi connectivity index (χ2n) is 7.40. The molecular formula is C22H23ClN6. The third kappa shape index (κ3) is 4.17. The zero-order valence-electron chi connectivity index (χ0n) is 16.4. The Kier molecular flexibility index (Phi) is 5.36. The van der Waals surface area contributed by atoms with E-state index in [0.29, 0.717) is 34.9 Å². The molecule has 0 aliphatic heterocycles. The lowest BCUT2D eigenvalue weighted by molar-refractivity contribution is 0.684. The van der Waals surface area contributed by atoms with Crippen LogP contribution in [-0.4, -0.2) is 26.3 Å². The highest BCUT2D eigenvalue weighted by Crippen LogP contribution is 2.32. The van der Waals surface area contributed by atoms with E-state index in [0.717, 1.165) is 28.8 Å². The van der Waals surface area contributed by atoms with Gasteiger partial charge < -0.3 is 11.1 Å². The molecule has 0 bridgehead atoms. The van der Waals surface area contributed by atoms with E-state index in [2.05, 4.69) is 29.2 Å². The lowest BCUT2D eigenvalue weighted by atomic mass is 10.1. The first-order valence-electron chi connectivity index (χ1n) is 9.59. The van der Waals surface area contributed by atoms with Crippen LogP contribution in [0.25, 0.3) is 22.3 Å². The molecule has 0 radical (unpaired) electrons. The number of nitrogen functional groups attached to an aromatic ring is 1. The minimum absolute atomic E-state index is 0.467. The number of hydrogen-bond acceptors (Lipinski definition) is 5. The Labute approximate surface area is 174 Å². The van der Waals surface area contributed by atoms with E-state index in [4.69, 9.17) is 22.3 Å². The van der Waals surface area contributed by atoms with Crippen LogP contribution in [-0.2, 0) is 6.54 Å². The van der Waals surface area contributed by atoms with Gasteiger partial charge in [-0.2, -0.15) is 4.98 Å². The van der Waals surface area contributed by atoms with Crippen LogP contribution in [0.3, 0.4) is 0 Å². The predicted molar refractivity (Wildman–Crippen MR) is 119 cm³/mol. The van der Waals surface area contributed by atoms with Gasteiger partial charge in [0.25, 0.3) is 0 Å². The van der Waals surface area contributed by atoms with E-state index in [-0.39, 0.29) is 0 Å². The number of benzene rings is 2. The van der Waals surface area contributed by atoms with Crippen molar-refractivity contribution in [2.24, 2.45) is 5.92 Å². The molecule has 29 heavy (non-hydrogen) atoms. The predicted octanol–water partition coefficient (Wildman–Crippen LogP) is 4.85. The number of fused-ring (bicyclic) bond motifs is 1. The van der Waals surface area contributed by atoms with Gasteiger partial charge in [0.1, 0.15) is 5.82 Å². The number of nitrogens with zero attached hydrogens (tertiary/aromatic N) is 4. The fourth-order valence-electron chi connectivity index (χ4n) is 3.12. The lowest BCUT2D eigenvalue weighted by Gasteiger charge is -2.10. The largest absolute Gasteiger partial charge is 0.383 e. The summed E-state index contributed by atoms with van der Waals surface area (Å²) in [6, 6.07) is 17.6. The zero-order valence-corrected chi connectivity index (χ0v) is 17.2. The molecule has 148 valence electrons. The topological polar surface area (TPSA) is 81.6 Å². The second-order valence-corrected chi connectivity index (χ2v) is 7.84. The van der Waals surface area contributed by atoms with Crippen molar-refractivity contribution in [3.63, 3.8) is 0 Å². The first kappa shape index (κ1) is 19.2. The van der Waals surface area contributed by atoms with Crippen molar-refractivity contribution in [2.45, 2.75) is 20.4 Å². The molecule has 0 fully saturated rings. The van der Waals surface area contributed by atoms with E-state index in [1.807, 2.05) is 54.6 Å². The SMILES string of the molecule is CC(C)CNc1nc(-c2ccc(Cl)cc2)c2c(N)n(Cc3ccccc3)nc2n1. The first-order chi connectivity index (χ1) is 14.0. The van der Waals surface area contributed by atoms with E-state index in [1.54, 1.807) is 4.68 Å². The third-order valence-electron chi connectivity index (χ3n) is 4.60. The van der Waals surface area contributed by atoms with E-state index in [1.165, 1.54) is 0 Å². The summed E-state index contributed by atoms with van der Waals surface area (Å²) in [4.78, 5) is 9.37. The number of nitrogens with two attached hydrogens (primary N) is 1. The lowest BCUT2D eigenvalue weighted by Crippen LogP contribution is -2.11. The molecule has 0 unspecified atom stereocenters. The third-order valence-corrected chi connectivity index (χ3v) is 4.85. The molecule has 0 atom stereocenters. The minimum Gasteiger partial charge on any atom is -0.383 e. The number of aromatic nitrogens is 4. The van der Waals surface area contributed by atoms with Crippen LogP contribution in [0.4, 0.5) is 11.8 Å². The van der Waals surface area contributed by atoms with Crippen LogP contribution in [0.15, 0.2) is 54.6 Å². The minimum atomic E-state index is 0.467. The highest BCUT2D eigenvalue weighted by atomic mass is 35.5. The molecule has 2 aromatic carbocycles. The Morgan fingerprint density at radius 1 is 1.03 bits per heavy atom. The number of anilines is 2. The second kappa shape index (κ2) is 8.09. The van der Waals surface area contributed by atoms with Crippen LogP contribution in [0.5, 0.6) is 0 Å². The van der Waals surface area contributed by atoms with E-state index >= 15 is 0 Å². The number of hydrogen-bond donors (Lipinski definition) is 2. The van der Waals surface area contributed by atoms with Gasteiger partial charge in [-0.05, 0) is 23.6 Å². The molecule has 7 heteroatoms. The van der Waals surface area contributed by atoms with Gasteiger partial charge in [-0.3, -0.25) is 0 Å². The number of rotatable bonds is 6. The average molecular weight is 407 g/mol. The smallest absolute Gasteiger partial charge is 0.225 e. The van der Waals surface area contributed by atoms with Crippen molar-refractivity contribution in [3.05, 3.63) is 65.2 Å². The summed E-state index contributed by atoms with van der Waals surface area (Å²) in [5.74, 6) is 1.55. The summed E-state index contributed by atoms with van der Waals surface area (Å²) in [6.45, 7) is 5.61. The first-order valence-corrected chi connectivity index (χ1v) is 9.97. The molecule has 2 aromatic heterocycles. The van der Waals surface area contributed by atoms with Crippen LogP contribution in [0.1, 0.15) is 19.4 Å². The number of halogens is 1. The Morgan fingerprint density at radius 2 is 1.76 bits per heavy atom. The molecule has 0 saturated carbocycles. The van der Waals surface area contributed by atoms with Crippen molar-refractivity contribution in [1.29, 1.82) is 0 Å². The summed E-state index contributed by atoms with van der Waals surface area (Å²) >= 11 is 6.07. The Balaban J connectivity index is 1.84. The zero-order chi connectivity index (χ0) is 20.4. The van der Waals surface area contributed by atoms with E-state index in [9.17, 15) is 0 Å². The maximum absolute atomic E-state index is 6.50. The molecule has 4 aromatic rings. The summed E-state index contributed by atoms with van der Waals surface area (Å²) in [6.07, 6.45) is 0. The quantitative estimate of drug-likeness (QED) is 0.478. The fraction of sp³-hybridized carbons (Fsp3) is 0.227. The Morgan fingerprint density at radius 3 is 2.45 bits per heavy atom. The van der Waals surface area contributed by atoms with E-state index < -0.39 is 0 Å². The average Bonchev–Trinajstić information content (AvgIpc) is 3.02. The van der Waals surface area contributed by atoms with Crippen LogP contribution >= 0.6 is 11.6 Å². The molecule has 3 N–H and O–H groups in total. The molecule has 0 spiro atoms. The van der Waals surface area contributed by atoms with Gasteiger partial charge in [0.05, 0.1) is 17.6 Å². The summed E-state index contributed by atoms with van der Waals surface area (Å²) < 4.78 is 1.78. The number of nitrogens with one attached hydrogen (secondary N) is 1. The summed E-state index contributed by atoms with van der Waals surface area (Å²) in [7, 11) is 0. The van der Waals surface area contributed by atoms with Gasteiger partial charge in [0.15, 0.2) is 5.65 Å². The van der Waals surface area contributed by atoms with Crippen molar-refractivity contribution in [2.75, 3.05) is 17.6 Å². The molecular weight excluding hydrogens is 384 g/mol. The molecule has 0 amide bonds. The maximum Gasteiger partial charge on any atom is 0.225 e. The van der Waals surface area contributed by atoms with Crippen molar-refractivity contribution in [3.8, 4) is 11.3 Å². The van der Waals surface area contributed by atoms with Gasteiger partial charge in [-0.1, -0.05) is 67.9 Å². The molecule has 2 heterocycles. The van der Waals surface area contributed by atoms with Crippen LogP contribution in [0.2, 0.25) is 5.02 Å². The normalized spacial score (nSPS) is 11.3.